The third-order valence-electron chi connectivity index (χ3n) is 3.38. The molecular weight excluding hydrogens is 233 g/mol. The lowest BCUT2D eigenvalue weighted by Crippen LogP contribution is -2.37. The van der Waals surface area contributed by atoms with Gasteiger partial charge in [-0.05, 0) is 18.1 Å². The van der Waals surface area contributed by atoms with Gasteiger partial charge in [0.05, 0.1) is 19.4 Å². The van der Waals surface area contributed by atoms with E-state index in [0.29, 0.717) is 0 Å². The minimum Gasteiger partial charge on any atom is -0.379 e. The summed E-state index contributed by atoms with van der Waals surface area (Å²) in [5.41, 5.74) is 1.89. The summed E-state index contributed by atoms with van der Waals surface area (Å²) in [7, 11) is 0. The molecule has 1 aliphatic rings. The van der Waals surface area contributed by atoms with Gasteiger partial charge in [0.25, 0.3) is 0 Å². The number of hydrogen-bond donors (Lipinski definition) is 1. The van der Waals surface area contributed by atoms with E-state index in [1.54, 1.807) is 6.07 Å². The van der Waals surface area contributed by atoms with Gasteiger partial charge in [0, 0.05) is 31.2 Å². The van der Waals surface area contributed by atoms with Crippen LogP contribution in [0.4, 0.5) is 4.39 Å². The van der Waals surface area contributed by atoms with Crippen molar-refractivity contribution in [3.63, 3.8) is 0 Å². The lowest BCUT2D eigenvalue weighted by Gasteiger charge is -2.26. The summed E-state index contributed by atoms with van der Waals surface area (Å²) in [6.45, 7) is 4.56. The highest BCUT2D eigenvalue weighted by Crippen LogP contribution is 2.18. The molecule has 2 aromatic heterocycles. The maximum atomic E-state index is 13.2. The molecule has 3 rings (SSSR count). The topological polar surface area (TPSA) is 41.2 Å². The molecule has 0 atom stereocenters. The Bertz CT molecular complexity index is 534. The van der Waals surface area contributed by atoms with E-state index < -0.39 is 0 Å². The van der Waals surface area contributed by atoms with E-state index >= 15 is 0 Å². The zero-order valence-electron chi connectivity index (χ0n) is 10.2. The van der Waals surface area contributed by atoms with Crippen molar-refractivity contribution >= 4 is 11.0 Å². The molecular formula is C13H16FN3O. The number of ether oxygens (including phenoxy) is 1. The van der Waals surface area contributed by atoms with Crippen molar-refractivity contribution in [2.24, 2.45) is 0 Å². The van der Waals surface area contributed by atoms with Gasteiger partial charge in [-0.2, -0.15) is 0 Å². The largest absolute Gasteiger partial charge is 0.379 e. The molecule has 0 bridgehead atoms. The highest BCUT2D eigenvalue weighted by molar-refractivity contribution is 5.79. The number of rotatable bonds is 3. The predicted molar refractivity (Wildman–Crippen MR) is 67.0 cm³/mol. The van der Waals surface area contributed by atoms with Crippen LogP contribution in [0.25, 0.3) is 11.0 Å². The summed E-state index contributed by atoms with van der Waals surface area (Å²) in [6.07, 6.45) is 4.08. The summed E-state index contributed by atoms with van der Waals surface area (Å²) < 4.78 is 18.5. The molecule has 1 fully saturated rings. The van der Waals surface area contributed by atoms with E-state index in [0.717, 1.165) is 55.9 Å². The number of pyridine rings is 1. The first-order chi connectivity index (χ1) is 8.83. The first-order valence-electron chi connectivity index (χ1n) is 6.24. The van der Waals surface area contributed by atoms with Gasteiger partial charge >= 0.3 is 0 Å². The fraction of sp³-hybridized carbons (Fsp3) is 0.462. The molecule has 96 valence electrons. The van der Waals surface area contributed by atoms with Gasteiger partial charge in [-0.25, -0.2) is 9.37 Å². The Labute approximate surface area is 105 Å². The third-order valence-corrected chi connectivity index (χ3v) is 3.38. The number of hydrogen-bond acceptors (Lipinski definition) is 3. The maximum absolute atomic E-state index is 13.2. The van der Waals surface area contributed by atoms with Crippen LogP contribution in [0, 0.1) is 5.82 Å². The van der Waals surface area contributed by atoms with E-state index in [2.05, 4.69) is 14.9 Å². The van der Waals surface area contributed by atoms with Crippen LogP contribution in [-0.4, -0.2) is 47.7 Å². The highest BCUT2D eigenvalue weighted by atomic mass is 19.1. The number of halogens is 1. The molecule has 0 aromatic carbocycles. The number of aromatic nitrogens is 2. The first kappa shape index (κ1) is 11.6. The van der Waals surface area contributed by atoms with Crippen molar-refractivity contribution in [1.29, 1.82) is 0 Å². The molecule has 5 heteroatoms. The number of aromatic amines is 1. The average molecular weight is 249 g/mol. The maximum Gasteiger partial charge on any atom is 0.142 e. The Balaban J connectivity index is 1.72. The van der Waals surface area contributed by atoms with Crippen LogP contribution < -0.4 is 0 Å². The van der Waals surface area contributed by atoms with Crippen LogP contribution in [0.15, 0.2) is 18.5 Å². The van der Waals surface area contributed by atoms with Crippen molar-refractivity contribution in [1.82, 2.24) is 14.9 Å². The summed E-state index contributed by atoms with van der Waals surface area (Å²) in [4.78, 5) is 9.48. The number of nitrogens with one attached hydrogen (secondary N) is 1. The zero-order valence-corrected chi connectivity index (χ0v) is 10.2. The lowest BCUT2D eigenvalue weighted by molar-refractivity contribution is 0.0385. The average Bonchev–Trinajstić information content (AvgIpc) is 2.80. The van der Waals surface area contributed by atoms with E-state index in [-0.39, 0.29) is 5.82 Å². The molecule has 0 radical (unpaired) electrons. The monoisotopic (exact) mass is 249 g/mol. The van der Waals surface area contributed by atoms with Crippen LogP contribution in [0.2, 0.25) is 0 Å². The van der Waals surface area contributed by atoms with Crippen LogP contribution >= 0.6 is 0 Å². The second kappa shape index (κ2) is 5.04. The lowest BCUT2D eigenvalue weighted by atomic mass is 10.1. The summed E-state index contributed by atoms with van der Waals surface area (Å²) >= 11 is 0. The molecule has 2 aromatic rings. The van der Waals surface area contributed by atoms with Gasteiger partial charge in [-0.1, -0.05) is 0 Å². The van der Waals surface area contributed by atoms with Crippen LogP contribution in [0.3, 0.4) is 0 Å². The molecule has 0 saturated carbocycles. The van der Waals surface area contributed by atoms with Gasteiger partial charge in [-0.15, -0.1) is 0 Å². The van der Waals surface area contributed by atoms with Gasteiger partial charge in [-0.3, -0.25) is 4.90 Å². The third kappa shape index (κ3) is 2.37. The summed E-state index contributed by atoms with van der Waals surface area (Å²) in [5.74, 6) is -0.283. The Hall–Kier alpha value is -1.46. The fourth-order valence-corrected chi connectivity index (χ4v) is 2.34. The van der Waals surface area contributed by atoms with Crippen molar-refractivity contribution in [3.8, 4) is 0 Å². The SMILES string of the molecule is Fc1cnc2[nH]cc(CCN3CCOCC3)c2c1. The molecule has 0 spiro atoms. The Morgan fingerprint density at radius 1 is 1.39 bits per heavy atom. The van der Waals surface area contributed by atoms with Gasteiger partial charge in [0.2, 0.25) is 0 Å². The summed E-state index contributed by atoms with van der Waals surface area (Å²) in [5, 5.41) is 0.892. The van der Waals surface area contributed by atoms with Gasteiger partial charge < -0.3 is 9.72 Å². The van der Waals surface area contributed by atoms with E-state index in [4.69, 9.17) is 4.74 Å². The molecule has 18 heavy (non-hydrogen) atoms. The Kier molecular flexibility index (Phi) is 3.25. The Morgan fingerprint density at radius 2 is 2.22 bits per heavy atom. The number of nitrogens with zero attached hydrogens (tertiary/aromatic N) is 2. The fourth-order valence-electron chi connectivity index (χ4n) is 2.34. The minimum absolute atomic E-state index is 0.283. The molecule has 0 amide bonds. The number of H-pyrrole nitrogens is 1. The van der Waals surface area contributed by atoms with Crippen LogP contribution in [-0.2, 0) is 11.2 Å². The predicted octanol–water partition coefficient (Wildman–Crippen LogP) is 1.58. The van der Waals surface area contributed by atoms with E-state index in [1.165, 1.54) is 6.20 Å². The quantitative estimate of drug-likeness (QED) is 0.898. The van der Waals surface area contributed by atoms with Crippen molar-refractivity contribution in [2.45, 2.75) is 6.42 Å². The summed E-state index contributed by atoms with van der Waals surface area (Å²) in [6, 6.07) is 1.55. The van der Waals surface area contributed by atoms with Gasteiger partial charge in [0.1, 0.15) is 11.5 Å². The molecule has 0 unspecified atom stereocenters. The standard InChI is InChI=1S/C13H16FN3O/c14-11-7-12-10(8-15-13(12)16-9-11)1-2-17-3-5-18-6-4-17/h7-9H,1-6H2,(H,15,16). The highest BCUT2D eigenvalue weighted by Gasteiger charge is 2.12. The molecule has 0 aliphatic carbocycles. The minimum atomic E-state index is -0.283. The zero-order chi connectivity index (χ0) is 12.4. The smallest absolute Gasteiger partial charge is 0.142 e. The van der Waals surface area contributed by atoms with Crippen molar-refractivity contribution in [2.75, 3.05) is 32.8 Å². The normalized spacial score (nSPS) is 17.4. The van der Waals surface area contributed by atoms with Crippen LogP contribution in [0.5, 0.6) is 0 Å². The van der Waals surface area contributed by atoms with Crippen LogP contribution in [0.1, 0.15) is 5.56 Å². The second-order valence-electron chi connectivity index (χ2n) is 4.57. The van der Waals surface area contributed by atoms with E-state index in [1.807, 2.05) is 6.20 Å². The van der Waals surface area contributed by atoms with Crippen molar-refractivity contribution < 1.29 is 9.13 Å². The molecule has 1 N–H and O–H groups in total. The van der Waals surface area contributed by atoms with Gasteiger partial charge in [0.15, 0.2) is 0 Å². The van der Waals surface area contributed by atoms with E-state index in [9.17, 15) is 4.39 Å². The van der Waals surface area contributed by atoms with Crippen molar-refractivity contribution in [3.05, 3.63) is 29.8 Å². The molecule has 1 saturated heterocycles. The first-order valence-corrected chi connectivity index (χ1v) is 6.24. The number of morpholine rings is 1. The number of fused-ring (bicyclic) bond motifs is 1. The molecule has 1 aliphatic heterocycles. The molecule has 3 heterocycles. The second-order valence-corrected chi connectivity index (χ2v) is 4.57. The Morgan fingerprint density at radius 3 is 3.06 bits per heavy atom. The molecule has 4 nitrogen and oxygen atoms in total.